The van der Waals surface area contributed by atoms with Crippen LogP contribution < -0.4 is 0 Å². The van der Waals surface area contributed by atoms with Gasteiger partial charge in [-0.1, -0.05) is 23.7 Å². The van der Waals surface area contributed by atoms with Crippen molar-refractivity contribution in [2.24, 2.45) is 0 Å². The Labute approximate surface area is 176 Å². The van der Waals surface area contributed by atoms with Crippen LogP contribution in [0.15, 0.2) is 42.6 Å². The molecule has 4 N–H and O–H groups in total. The van der Waals surface area contributed by atoms with Crippen molar-refractivity contribution in [2.45, 2.75) is 37.1 Å². The molecule has 3 aromatic rings. The molecule has 10 heteroatoms. The third kappa shape index (κ3) is 3.71. The van der Waals surface area contributed by atoms with Crippen molar-refractivity contribution in [1.82, 2.24) is 14.2 Å². The Balaban J connectivity index is 1.67. The zero-order chi connectivity index (χ0) is 20.7. The minimum absolute atomic E-state index is 0.296. The minimum atomic E-state index is -1.45. The standard InChI is InChI=1S/C19H20ClN3O5S/c20-12-5-4-10(18-17(27)16(26)15(25)13(9-24)28-18)7-11(12)8-23-19(29)22-6-2-1-3-14(22)21-23/h1-7,13,15-18,24-27H,8-9H2/t13-,15-,16+,17+,18+/m1/s1. The van der Waals surface area contributed by atoms with Gasteiger partial charge in [0, 0.05) is 11.2 Å². The second kappa shape index (κ2) is 8.11. The maximum absolute atomic E-state index is 10.4. The molecule has 0 amide bonds. The predicted molar refractivity (Wildman–Crippen MR) is 107 cm³/mol. The Bertz CT molecular complexity index is 1090. The number of aliphatic hydroxyl groups excluding tert-OH is 4. The van der Waals surface area contributed by atoms with Crippen LogP contribution in [0.25, 0.3) is 5.65 Å². The summed E-state index contributed by atoms with van der Waals surface area (Å²) in [4.78, 5) is 0. The molecule has 1 aromatic carbocycles. The number of halogens is 1. The average molecular weight is 438 g/mol. The maximum atomic E-state index is 10.4. The Hall–Kier alpha value is -1.85. The fraction of sp³-hybridized carbons (Fsp3) is 0.368. The van der Waals surface area contributed by atoms with Crippen LogP contribution >= 0.6 is 23.8 Å². The highest BCUT2D eigenvalue weighted by molar-refractivity contribution is 7.71. The summed E-state index contributed by atoms with van der Waals surface area (Å²) in [6, 6.07) is 10.6. The highest BCUT2D eigenvalue weighted by atomic mass is 35.5. The first-order valence-electron chi connectivity index (χ1n) is 9.03. The van der Waals surface area contributed by atoms with E-state index in [4.69, 9.17) is 28.6 Å². The molecular formula is C19H20ClN3O5S. The van der Waals surface area contributed by atoms with Crippen molar-refractivity contribution in [3.63, 3.8) is 0 Å². The lowest BCUT2D eigenvalue weighted by atomic mass is 9.90. The van der Waals surface area contributed by atoms with Gasteiger partial charge in [0.05, 0.1) is 13.2 Å². The highest BCUT2D eigenvalue weighted by Crippen LogP contribution is 2.34. The normalized spacial score (nSPS) is 27.4. The topological polar surface area (TPSA) is 112 Å². The van der Waals surface area contributed by atoms with E-state index in [0.29, 0.717) is 33.1 Å². The van der Waals surface area contributed by atoms with Crippen LogP contribution in [0.3, 0.4) is 0 Å². The molecule has 1 aliphatic rings. The summed E-state index contributed by atoms with van der Waals surface area (Å²) >= 11 is 11.8. The van der Waals surface area contributed by atoms with Gasteiger partial charge < -0.3 is 25.2 Å². The lowest BCUT2D eigenvalue weighted by molar-refractivity contribution is -0.231. The fourth-order valence-electron chi connectivity index (χ4n) is 3.50. The largest absolute Gasteiger partial charge is 0.394 e. The van der Waals surface area contributed by atoms with Crippen molar-refractivity contribution in [2.75, 3.05) is 6.61 Å². The molecule has 1 saturated heterocycles. The molecule has 0 aliphatic carbocycles. The molecule has 3 heterocycles. The zero-order valence-electron chi connectivity index (χ0n) is 15.2. The van der Waals surface area contributed by atoms with E-state index in [0.717, 1.165) is 0 Å². The third-order valence-electron chi connectivity index (χ3n) is 5.10. The lowest BCUT2D eigenvalue weighted by Crippen LogP contribution is -2.55. The van der Waals surface area contributed by atoms with Gasteiger partial charge >= 0.3 is 0 Å². The number of aromatic nitrogens is 3. The Morgan fingerprint density at radius 2 is 1.90 bits per heavy atom. The Kier molecular flexibility index (Phi) is 5.71. The monoisotopic (exact) mass is 437 g/mol. The smallest absolute Gasteiger partial charge is 0.202 e. The molecule has 0 saturated carbocycles. The van der Waals surface area contributed by atoms with Crippen LogP contribution in [0.5, 0.6) is 0 Å². The molecule has 0 unspecified atom stereocenters. The highest BCUT2D eigenvalue weighted by Gasteiger charge is 2.44. The summed E-state index contributed by atoms with van der Waals surface area (Å²) in [6.07, 6.45) is -4.31. The number of pyridine rings is 1. The number of hydrogen-bond acceptors (Lipinski definition) is 7. The van der Waals surface area contributed by atoms with Gasteiger partial charge in [-0.05, 0) is 47.6 Å². The first kappa shape index (κ1) is 20.4. The summed E-state index contributed by atoms with van der Waals surface area (Å²) in [7, 11) is 0. The molecule has 0 spiro atoms. The van der Waals surface area contributed by atoms with Crippen LogP contribution in [-0.4, -0.2) is 65.6 Å². The van der Waals surface area contributed by atoms with Crippen LogP contribution in [0.2, 0.25) is 5.02 Å². The van der Waals surface area contributed by atoms with Crippen molar-refractivity contribution in [1.29, 1.82) is 0 Å². The van der Waals surface area contributed by atoms with Crippen LogP contribution in [-0.2, 0) is 11.3 Å². The SMILES string of the molecule is OC[C@H]1O[C@@H](c2ccc(Cl)c(Cn3nc4ccccn4c3=S)c2)[C@@H](O)[C@@H](O)[C@@H]1O. The molecule has 0 radical (unpaired) electrons. The zero-order valence-corrected chi connectivity index (χ0v) is 16.7. The molecular weight excluding hydrogens is 418 g/mol. The molecule has 4 rings (SSSR count). The number of hydrogen-bond donors (Lipinski definition) is 4. The summed E-state index contributed by atoms with van der Waals surface area (Å²) in [5, 5.41) is 44.8. The number of nitrogens with zero attached hydrogens (tertiary/aromatic N) is 3. The van der Waals surface area contributed by atoms with E-state index in [2.05, 4.69) is 5.10 Å². The van der Waals surface area contributed by atoms with E-state index >= 15 is 0 Å². The average Bonchev–Trinajstić information content (AvgIpc) is 3.04. The van der Waals surface area contributed by atoms with Crippen molar-refractivity contribution >= 4 is 29.5 Å². The van der Waals surface area contributed by atoms with E-state index in [9.17, 15) is 20.4 Å². The molecule has 2 aromatic heterocycles. The van der Waals surface area contributed by atoms with Crippen molar-refractivity contribution < 1.29 is 25.2 Å². The summed E-state index contributed by atoms with van der Waals surface area (Å²) in [5.41, 5.74) is 1.95. The molecule has 1 fully saturated rings. The van der Waals surface area contributed by atoms with Crippen LogP contribution in [0.4, 0.5) is 0 Å². The van der Waals surface area contributed by atoms with Gasteiger partial charge in [-0.2, -0.15) is 5.10 Å². The Morgan fingerprint density at radius 1 is 1.10 bits per heavy atom. The first-order valence-corrected chi connectivity index (χ1v) is 9.82. The molecule has 5 atom stereocenters. The number of fused-ring (bicyclic) bond motifs is 1. The Morgan fingerprint density at radius 3 is 2.62 bits per heavy atom. The first-order chi connectivity index (χ1) is 13.9. The number of ether oxygens (including phenoxy) is 1. The van der Waals surface area contributed by atoms with E-state index < -0.39 is 37.1 Å². The predicted octanol–water partition coefficient (Wildman–Crippen LogP) is 1.08. The molecule has 29 heavy (non-hydrogen) atoms. The fourth-order valence-corrected chi connectivity index (χ4v) is 3.94. The van der Waals surface area contributed by atoms with Gasteiger partial charge in [0.15, 0.2) is 5.65 Å². The van der Waals surface area contributed by atoms with E-state index in [1.54, 1.807) is 27.3 Å². The van der Waals surface area contributed by atoms with Gasteiger partial charge in [-0.3, -0.25) is 4.40 Å². The maximum Gasteiger partial charge on any atom is 0.202 e. The van der Waals surface area contributed by atoms with E-state index in [1.165, 1.54) is 0 Å². The van der Waals surface area contributed by atoms with Gasteiger partial charge in [-0.15, -0.1) is 0 Å². The lowest BCUT2D eigenvalue weighted by Gasteiger charge is -2.40. The number of aliphatic hydroxyl groups is 4. The second-order valence-corrected chi connectivity index (χ2v) is 7.74. The third-order valence-corrected chi connectivity index (χ3v) is 5.88. The van der Waals surface area contributed by atoms with Gasteiger partial charge in [0.1, 0.15) is 30.5 Å². The molecule has 8 nitrogen and oxygen atoms in total. The van der Waals surface area contributed by atoms with Crippen LogP contribution in [0, 0.1) is 4.77 Å². The van der Waals surface area contributed by atoms with E-state index in [1.807, 2.05) is 24.4 Å². The van der Waals surface area contributed by atoms with Crippen molar-refractivity contribution in [3.8, 4) is 0 Å². The molecule has 1 aliphatic heterocycles. The minimum Gasteiger partial charge on any atom is -0.394 e. The summed E-state index contributed by atoms with van der Waals surface area (Å²) in [6.45, 7) is -0.192. The molecule has 154 valence electrons. The quantitative estimate of drug-likeness (QED) is 0.452. The van der Waals surface area contributed by atoms with Crippen molar-refractivity contribution in [3.05, 3.63) is 63.5 Å². The second-order valence-electron chi connectivity index (χ2n) is 6.97. The van der Waals surface area contributed by atoms with Gasteiger partial charge in [0.2, 0.25) is 4.77 Å². The summed E-state index contributed by atoms with van der Waals surface area (Å²) in [5.74, 6) is 0. The number of rotatable bonds is 4. The molecule has 0 bridgehead atoms. The van der Waals surface area contributed by atoms with Gasteiger partial charge in [-0.25, -0.2) is 4.68 Å². The van der Waals surface area contributed by atoms with E-state index in [-0.39, 0.29) is 0 Å². The van der Waals surface area contributed by atoms with Gasteiger partial charge in [0.25, 0.3) is 0 Å². The van der Waals surface area contributed by atoms with Crippen LogP contribution in [0.1, 0.15) is 17.2 Å². The number of benzene rings is 1. The summed E-state index contributed by atoms with van der Waals surface area (Å²) < 4.78 is 9.57.